The molecule has 1 unspecified atom stereocenters. The van der Waals surface area contributed by atoms with Gasteiger partial charge < -0.3 is 0 Å². The number of rotatable bonds is 16. The Hall–Kier alpha value is 0.339. The zero-order chi connectivity index (χ0) is 17.4. The van der Waals surface area contributed by atoms with E-state index >= 15 is 0 Å². The Morgan fingerprint density at radius 2 is 1.22 bits per heavy atom. The summed E-state index contributed by atoms with van der Waals surface area (Å²) in [6, 6.07) is 0. The Kier molecular flexibility index (Phi) is 16.1. The fourth-order valence-corrected chi connectivity index (χ4v) is 21.9. The summed E-state index contributed by atoms with van der Waals surface area (Å²) in [5.74, 6) is 0. The van der Waals surface area contributed by atoms with Crippen LogP contribution in [-0.4, -0.2) is 25.0 Å². The molecular weight excluding hydrogens is 387 g/mol. The van der Waals surface area contributed by atoms with E-state index in [0.29, 0.717) is 0 Å². The Morgan fingerprint density at radius 3 is 1.61 bits per heavy atom. The van der Waals surface area contributed by atoms with Gasteiger partial charge >= 0.3 is 152 Å². The van der Waals surface area contributed by atoms with Gasteiger partial charge in [-0.05, 0) is 0 Å². The van der Waals surface area contributed by atoms with Crippen molar-refractivity contribution < 1.29 is 4.74 Å². The van der Waals surface area contributed by atoms with Gasteiger partial charge in [-0.2, -0.15) is 0 Å². The third kappa shape index (κ3) is 10.0. The minimum absolute atomic E-state index is 0.804. The quantitative estimate of drug-likeness (QED) is 0.178. The first-order chi connectivity index (χ1) is 11.2. The van der Waals surface area contributed by atoms with Gasteiger partial charge in [-0.15, -0.1) is 0 Å². The first-order valence-electron chi connectivity index (χ1n) is 10.5. The topological polar surface area (TPSA) is 9.23 Å². The second kappa shape index (κ2) is 15.8. The van der Waals surface area contributed by atoms with Crippen molar-refractivity contribution in [2.24, 2.45) is 0 Å². The molecule has 0 bridgehead atoms. The zero-order valence-electron chi connectivity index (χ0n) is 16.8. The van der Waals surface area contributed by atoms with Crippen molar-refractivity contribution in [2.75, 3.05) is 6.61 Å². The third-order valence-electron chi connectivity index (χ3n) is 5.31. The van der Waals surface area contributed by atoms with Crippen molar-refractivity contribution in [2.45, 2.75) is 110 Å². The number of hydrogen-bond donors (Lipinski definition) is 0. The average molecular weight is 431 g/mol. The van der Waals surface area contributed by atoms with E-state index in [2.05, 4.69) is 47.0 Å². The third-order valence-corrected chi connectivity index (χ3v) is 22.7. The van der Waals surface area contributed by atoms with Crippen LogP contribution in [0.1, 0.15) is 92.4 Å². The first-order valence-corrected chi connectivity index (χ1v) is 18.2. The van der Waals surface area contributed by atoms with Gasteiger partial charge in [0.05, 0.1) is 0 Å². The predicted octanol–water partition coefficient (Wildman–Crippen LogP) is 7.95. The van der Waals surface area contributed by atoms with Crippen molar-refractivity contribution in [3.8, 4) is 0 Å². The van der Waals surface area contributed by atoms with Crippen LogP contribution in [0.5, 0.6) is 0 Å². The molecule has 1 nitrogen and oxygen atoms in total. The SMILES string of the molecule is CCCC[CH](/C=C\OCC)[Sn]([CH2]CCC)([CH2]CCC)[CH2]CCC. The summed E-state index contributed by atoms with van der Waals surface area (Å²) in [4.78, 5) is 0. The van der Waals surface area contributed by atoms with Gasteiger partial charge in [0.2, 0.25) is 0 Å². The molecule has 0 saturated heterocycles. The summed E-state index contributed by atoms with van der Waals surface area (Å²) in [5, 5.41) is 0. The summed E-state index contributed by atoms with van der Waals surface area (Å²) in [5.41, 5.74) is 0. The molecule has 0 aliphatic carbocycles. The molecule has 0 radical (unpaired) electrons. The van der Waals surface area contributed by atoms with Gasteiger partial charge in [-0.1, -0.05) is 0 Å². The molecule has 23 heavy (non-hydrogen) atoms. The molecule has 0 aromatic carbocycles. The van der Waals surface area contributed by atoms with Crippen molar-refractivity contribution >= 4 is 18.4 Å². The molecule has 0 fully saturated rings. The second-order valence-corrected chi connectivity index (χ2v) is 21.4. The molecule has 2 heteroatoms. The van der Waals surface area contributed by atoms with E-state index in [1.807, 2.05) is 0 Å². The van der Waals surface area contributed by atoms with Gasteiger partial charge in [-0.3, -0.25) is 0 Å². The molecule has 0 aromatic rings. The molecule has 0 rings (SSSR count). The van der Waals surface area contributed by atoms with Crippen LogP contribution in [0, 0.1) is 0 Å². The molecule has 1 atom stereocenters. The number of allylic oxidation sites excluding steroid dienone is 1. The molecule has 0 N–H and O–H groups in total. The van der Waals surface area contributed by atoms with Gasteiger partial charge in [-0.25, -0.2) is 0 Å². The molecule has 0 aliphatic heterocycles. The normalized spacial score (nSPS) is 13.6. The Labute approximate surface area is 151 Å². The monoisotopic (exact) mass is 432 g/mol. The van der Waals surface area contributed by atoms with E-state index in [0.717, 1.165) is 10.5 Å². The van der Waals surface area contributed by atoms with Crippen LogP contribution in [0.4, 0.5) is 0 Å². The molecule has 0 heterocycles. The fraction of sp³-hybridized carbons (Fsp3) is 0.905. The standard InChI is InChI=1S/C9H17O.3C4H9.Sn/c1-3-5-6-7-8-9-10-4-2;3*1-3-4-2;/h7-9H,3-6H2,1-2H3;3*1,3-4H2,2H3;/b9-8-;;;;. The molecule has 138 valence electrons. The zero-order valence-corrected chi connectivity index (χ0v) is 19.7. The summed E-state index contributed by atoms with van der Waals surface area (Å²) in [6.07, 6.45) is 17.2. The summed E-state index contributed by atoms with van der Waals surface area (Å²) >= 11 is -2.14. The Balaban J connectivity index is 5.31. The molecular formula is C21H44OSn. The fourth-order valence-electron chi connectivity index (χ4n) is 3.79. The van der Waals surface area contributed by atoms with Gasteiger partial charge in [0.25, 0.3) is 0 Å². The molecule has 0 saturated carbocycles. The minimum atomic E-state index is -2.14. The van der Waals surface area contributed by atoms with E-state index < -0.39 is 18.4 Å². The maximum absolute atomic E-state index is 5.61. The van der Waals surface area contributed by atoms with E-state index in [9.17, 15) is 0 Å². The van der Waals surface area contributed by atoms with Crippen LogP contribution >= 0.6 is 0 Å². The van der Waals surface area contributed by atoms with Crippen LogP contribution in [-0.2, 0) is 4.74 Å². The molecule has 0 aliphatic rings. The van der Waals surface area contributed by atoms with Crippen LogP contribution in [0.25, 0.3) is 0 Å². The molecule has 0 aromatic heterocycles. The summed E-state index contributed by atoms with van der Waals surface area (Å²) in [6.45, 7) is 12.3. The number of hydrogen-bond acceptors (Lipinski definition) is 1. The van der Waals surface area contributed by atoms with Crippen LogP contribution in [0.15, 0.2) is 12.3 Å². The van der Waals surface area contributed by atoms with Gasteiger partial charge in [0.1, 0.15) is 0 Å². The van der Waals surface area contributed by atoms with E-state index in [1.54, 1.807) is 13.3 Å². The van der Waals surface area contributed by atoms with E-state index in [1.165, 1.54) is 57.8 Å². The van der Waals surface area contributed by atoms with Crippen LogP contribution in [0.3, 0.4) is 0 Å². The van der Waals surface area contributed by atoms with Crippen molar-refractivity contribution in [3.05, 3.63) is 12.3 Å². The van der Waals surface area contributed by atoms with Crippen molar-refractivity contribution in [3.63, 3.8) is 0 Å². The maximum atomic E-state index is 5.61. The summed E-state index contributed by atoms with van der Waals surface area (Å²) in [7, 11) is 0. The average Bonchev–Trinajstić information content (AvgIpc) is 2.58. The van der Waals surface area contributed by atoms with E-state index in [-0.39, 0.29) is 0 Å². The van der Waals surface area contributed by atoms with Crippen LogP contribution < -0.4 is 0 Å². The molecule has 0 spiro atoms. The predicted molar refractivity (Wildman–Crippen MR) is 109 cm³/mol. The first kappa shape index (κ1) is 23.3. The number of ether oxygens (including phenoxy) is 1. The molecule has 0 amide bonds. The van der Waals surface area contributed by atoms with E-state index in [4.69, 9.17) is 4.74 Å². The Bertz CT molecular complexity index is 253. The number of unbranched alkanes of at least 4 members (excludes halogenated alkanes) is 4. The van der Waals surface area contributed by atoms with Crippen molar-refractivity contribution in [1.82, 2.24) is 0 Å². The van der Waals surface area contributed by atoms with Gasteiger partial charge in [0.15, 0.2) is 0 Å². The second-order valence-electron chi connectivity index (χ2n) is 7.21. The Morgan fingerprint density at radius 1 is 0.739 bits per heavy atom. The van der Waals surface area contributed by atoms with Gasteiger partial charge in [0, 0.05) is 0 Å². The van der Waals surface area contributed by atoms with Crippen LogP contribution in [0.2, 0.25) is 17.2 Å². The summed E-state index contributed by atoms with van der Waals surface area (Å²) < 4.78 is 11.3. The van der Waals surface area contributed by atoms with Crippen molar-refractivity contribution in [1.29, 1.82) is 0 Å².